The first-order valence-corrected chi connectivity index (χ1v) is 13.3. The number of benzene rings is 2. The van der Waals surface area contributed by atoms with Crippen molar-refractivity contribution in [1.29, 1.82) is 10.5 Å². The van der Waals surface area contributed by atoms with Crippen LogP contribution in [-0.4, -0.2) is 9.97 Å². The van der Waals surface area contributed by atoms with Crippen molar-refractivity contribution in [2.45, 2.75) is 12.8 Å². The van der Waals surface area contributed by atoms with Gasteiger partial charge in [0, 0.05) is 29.1 Å². The Bertz CT molecular complexity index is 1840. The standard InChI is InChI=1S/C36H30N6/c1-3-29-30(4-2)36(34-15-14-28(24-42-34)35-20-27(23-40)17-19-41-35)33-10-6-5-9-32(33)31(29)11-7-8-25(21-38)12-13-26(22-39)16-18-37/h3-10,13-21,24H,1-2,11-12,37-38H2/b8-7-,18-16-,25-21+,26-13+. The van der Waals surface area contributed by atoms with Crippen LogP contribution in [0.2, 0.25) is 0 Å². The first kappa shape index (κ1) is 29.0. The number of hydrogen-bond acceptors (Lipinski definition) is 6. The molecule has 0 amide bonds. The minimum atomic E-state index is 0.477. The molecule has 0 radical (unpaired) electrons. The number of fused-ring (bicyclic) bond motifs is 1. The van der Waals surface area contributed by atoms with Gasteiger partial charge in [0.2, 0.25) is 0 Å². The van der Waals surface area contributed by atoms with Gasteiger partial charge in [0.15, 0.2) is 0 Å². The van der Waals surface area contributed by atoms with Crippen molar-refractivity contribution < 1.29 is 0 Å². The molecule has 0 unspecified atom stereocenters. The van der Waals surface area contributed by atoms with Crippen LogP contribution in [0.5, 0.6) is 0 Å². The van der Waals surface area contributed by atoms with Crippen LogP contribution in [0.15, 0.2) is 122 Å². The summed E-state index contributed by atoms with van der Waals surface area (Å²) in [5.74, 6) is 0. The molecule has 6 heteroatoms. The zero-order valence-electron chi connectivity index (χ0n) is 23.2. The zero-order chi connectivity index (χ0) is 29.9. The summed E-state index contributed by atoms with van der Waals surface area (Å²) in [5.41, 5.74) is 19.5. The minimum absolute atomic E-state index is 0.477. The second-order valence-corrected chi connectivity index (χ2v) is 9.29. The first-order valence-electron chi connectivity index (χ1n) is 13.3. The van der Waals surface area contributed by atoms with E-state index < -0.39 is 0 Å². The van der Waals surface area contributed by atoms with Crippen molar-refractivity contribution in [2.24, 2.45) is 11.5 Å². The lowest BCUT2D eigenvalue weighted by molar-refractivity contribution is 1.21. The quantitative estimate of drug-likeness (QED) is 0.158. The number of nitrogens with two attached hydrogens (primary N) is 2. The summed E-state index contributed by atoms with van der Waals surface area (Å²) in [6.07, 6.45) is 18.5. The molecule has 0 saturated carbocycles. The van der Waals surface area contributed by atoms with Crippen molar-refractivity contribution in [3.05, 3.63) is 144 Å². The molecule has 0 aliphatic heterocycles. The number of rotatable bonds is 10. The highest BCUT2D eigenvalue weighted by molar-refractivity contribution is 6.04. The van der Waals surface area contributed by atoms with Crippen molar-refractivity contribution in [3.8, 4) is 34.7 Å². The molecule has 0 bridgehead atoms. The number of allylic oxidation sites excluding steroid dienone is 6. The molecule has 42 heavy (non-hydrogen) atoms. The summed E-state index contributed by atoms with van der Waals surface area (Å²) in [7, 11) is 0. The third kappa shape index (κ3) is 6.25. The minimum Gasteiger partial charge on any atom is -0.405 e. The Morgan fingerprint density at radius 2 is 1.69 bits per heavy atom. The molecule has 2 aromatic carbocycles. The first-order chi connectivity index (χ1) is 20.6. The van der Waals surface area contributed by atoms with E-state index in [0.717, 1.165) is 49.9 Å². The summed E-state index contributed by atoms with van der Waals surface area (Å²) in [6, 6.07) is 19.9. The van der Waals surface area contributed by atoms with E-state index in [0.29, 0.717) is 29.7 Å². The number of aromatic nitrogens is 2. The van der Waals surface area contributed by atoms with Gasteiger partial charge in [-0.1, -0.05) is 67.8 Å². The van der Waals surface area contributed by atoms with Gasteiger partial charge in [-0.25, -0.2) is 0 Å². The molecule has 204 valence electrons. The van der Waals surface area contributed by atoms with Gasteiger partial charge < -0.3 is 11.5 Å². The molecular formula is C36H30N6. The summed E-state index contributed by atoms with van der Waals surface area (Å²) < 4.78 is 0. The third-order valence-electron chi connectivity index (χ3n) is 6.85. The Hall–Kier alpha value is -5.98. The van der Waals surface area contributed by atoms with Gasteiger partial charge in [-0.3, -0.25) is 9.97 Å². The van der Waals surface area contributed by atoms with E-state index in [1.807, 2.05) is 42.5 Å². The molecule has 4 N–H and O–H groups in total. The van der Waals surface area contributed by atoms with Crippen molar-refractivity contribution in [3.63, 3.8) is 0 Å². The van der Waals surface area contributed by atoms with Gasteiger partial charge in [0.05, 0.1) is 29.1 Å². The molecule has 4 rings (SSSR count). The smallest absolute Gasteiger partial charge is 0.0992 e. The van der Waals surface area contributed by atoms with Crippen LogP contribution in [0.4, 0.5) is 0 Å². The molecule has 0 saturated heterocycles. The van der Waals surface area contributed by atoms with Gasteiger partial charge in [-0.05, 0) is 88.6 Å². The van der Waals surface area contributed by atoms with Gasteiger partial charge in [-0.2, -0.15) is 10.5 Å². The predicted octanol–water partition coefficient (Wildman–Crippen LogP) is 7.38. The van der Waals surface area contributed by atoms with E-state index in [9.17, 15) is 10.5 Å². The van der Waals surface area contributed by atoms with E-state index in [1.165, 1.54) is 6.20 Å². The normalized spacial score (nSPS) is 12.0. The predicted molar refractivity (Wildman–Crippen MR) is 172 cm³/mol. The van der Waals surface area contributed by atoms with Gasteiger partial charge >= 0.3 is 0 Å². The van der Waals surface area contributed by atoms with E-state index >= 15 is 0 Å². The Morgan fingerprint density at radius 3 is 2.33 bits per heavy atom. The number of nitrogens with zero attached hydrogens (tertiary/aromatic N) is 4. The molecule has 2 heterocycles. The monoisotopic (exact) mass is 546 g/mol. The lowest BCUT2D eigenvalue weighted by atomic mass is 9.86. The van der Waals surface area contributed by atoms with Crippen LogP contribution in [0.1, 0.15) is 28.7 Å². The van der Waals surface area contributed by atoms with Crippen LogP contribution >= 0.6 is 0 Å². The molecule has 6 nitrogen and oxygen atoms in total. The van der Waals surface area contributed by atoms with Crippen LogP contribution in [0.3, 0.4) is 0 Å². The average molecular weight is 547 g/mol. The van der Waals surface area contributed by atoms with Crippen LogP contribution in [0.25, 0.3) is 45.4 Å². The van der Waals surface area contributed by atoms with Crippen LogP contribution < -0.4 is 11.5 Å². The van der Waals surface area contributed by atoms with Gasteiger partial charge in [0.1, 0.15) is 0 Å². The highest BCUT2D eigenvalue weighted by Gasteiger charge is 2.18. The van der Waals surface area contributed by atoms with E-state index in [4.69, 9.17) is 16.5 Å². The van der Waals surface area contributed by atoms with E-state index in [1.54, 1.807) is 42.9 Å². The van der Waals surface area contributed by atoms with E-state index in [-0.39, 0.29) is 0 Å². The summed E-state index contributed by atoms with van der Waals surface area (Å²) in [5, 5.41) is 20.6. The molecule has 4 aromatic rings. The lowest BCUT2D eigenvalue weighted by Crippen LogP contribution is -1.99. The maximum Gasteiger partial charge on any atom is 0.0992 e. The fourth-order valence-corrected chi connectivity index (χ4v) is 4.85. The second-order valence-electron chi connectivity index (χ2n) is 9.29. The number of nitriles is 2. The molecule has 2 aromatic heterocycles. The van der Waals surface area contributed by atoms with Gasteiger partial charge in [0.25, 0.3) is 0 Å². The molecular weight excluding hydrogens is 516 g/mol. The second kappa shape index (κ2) is 13.9. The number of pyridine rings is 2. The summed E-state index contributed by atoms with van der Waals surface area (Å²) in [6.45, 7) is 8.27. The third-order valence-corrected chi connectivity index (χ3v) is 6.85. The van der Waals surface area contributed by atoms with Gasteiger partial charge in [-0.15, -0.1) is 0 Å². The Balaban J connectivity index is 1.75. The summed E-state index contributed by atoms with van der Waals surface area (Å²) >= 11 is 0. The summed E-state index contributed by atoms with van der Waals surface area (Å²) in [4.78, 5) is 9.21. The molecule has 0 fully saturated rings. The molecule has 0 atom stereocenters. The lowest BCUT2D eigenvalue weighted by Gasteiger charge is -2.19. The highest BCUT2D eigenvalue weighted by Crippen LogP contribution is 2.39. The van der Waals surface area contributed by atoms with Crippen LogP contribution in [0, 0.1) is 22.7 Å². The maximum absolute atomic E-state index is 9.25. The van der Waals surface area contributed by atoms with E-state index in [2.05, 4.69) is 48.5 Å². The Labute approximate surface area is 246 Å². The van der Waals surface area contributed by atoms with Crippen molar-refractivity contribution >= 4 is 22.9 Å². The SMILES string of the molecule is C=Cc1c(C=C)c(-c2ccc(-c3cc(C#N)ccn3)cn2)c2ccccc2c1C/C=C\C(=C/N)C/C=C(C#N)\C=C/N. The Morgan fingerprint density at radius 1 is 0.905 bits per heavy atom. The zero-order valence-corrected chi connectivity index (χ0v) is 23.2. The van der Waals surface area contributed by atoms with Crippen molar-refractivity contribution in [2.75, 3.05) is 0 Å². The van der Waals surface area contributed by atoms with Crippen LogP contribution in [-0.2, 0) is 6.42 Å². The highest BCUT2D eigenvalue weighted by atomic mass is 14.7. The fraction of sp³-hybridized carbons (Fsp3) is 0.0556. The maximum atomic E-state index is 9.25. The number of hydrogen-bond donors (Lipinski definition) is 2. The molecule has 0 aliphatic carbocycles. The Kier molecular flexibility index (Phi) is 9.59. The molecule has 0 spiro atoms. The average Bonchev–Trinajstić information content (AvgIpc) is 3.05. The topological polar surface area (TPSA) is 125 Å². The molecule has 0 aliphatic rings. The fourth-order valence-electron chi connectivity index (χ4n) is 4.85. The largest absolute Gasteiger partial charge is 0.405 e. The van der Waals surface area contributed by atoms with Crippen molar-refractivity contribution in [1.82, 2.24) is 9.97 Å².